The van der Waals surface area contributed by atoms with Crippen LogP contribution in [0.3, 0.4) is 0 Å². The Bertz CT molecular complexity index is 705. The number of carbonyl (C=O) groups is 1. The van der Waals surface area contributed by atoms with Crippen molar-refractivity contribution >= 4 is 5.91 Å². The second kappa shape index (κ2) is 5.93. The highest BCUT2D eigenvalue weighted by Gasteiger charge is 2.26. The number of nitrogens with zero attached hydrogens (tertiary/aromatic N) is 2. The smallest absolute Gasteiger partial charge is 0.234 e. The van der Waals surface area contributed by atoms with Gasteiger partial charge in [0.2, 0.25) is 5.91 Å². The fraction of sp³-hybridized carbons (Fsp3) is 0.412. The van der Waals surface area contributed by atoms with Gasteiger partial charge in [0.15, 0.2) is 0 Å². The molecular weight excluding hydrogens is 276 g/mol. The van der Waals surface area contributed by atoms with E-state index in [9.17, 15) is 4.79 Å². The van der Waals surface area contributed by atoms with Gasteiger partial charge in [0.25, 0.3) is 0 Å². The van der Waals surface area contributed by atoms with Crippen LogP contribution in [-0.4, -0.2) is 22.2 Å². The molecule has 22 heavy (non-hydrogen) atoms. The minimum atomic E-state index is -0.114. The number of nitrogens with two attached hydrogens (primary N) is 1. The molecule has 0 bridgehead atoms. The largest absolute Gasteiger partial charge is 0.348 e. The highest BCUT2D eigenvalue weighted by molar-refractivity contribution is 5.78. The molecule has 5 nitrogen and oxygen atoms in total. The van der Waals surface area contributed by atoms with Crippen LogP contribution in [0.2, 0.25) is 0 Å². The molecule has 1 aromatic heterocycles. The third kappa shape index (κ3) is 2.52. The number of aromatic nitrogens is 2. The lowest BCUT2D eigenvalue weighted by molar-refractivity contribution is -0.120. The van der Waals surface area contributed by atoms with E-state index in [1.807, 2.05) is 10.9 Å². The number of nitrogens with one attached hydrogen (secondary N) is 1. The highest BCUT2D eigenvalue weighted by Crippen LogP contribution is 2.31. The Labute approximate surface area is 130 Å². The summed E-state index contributed by atoms with van der Waals surface area (Å²) in [6.45, 7) is 4.26. The number of benzene rings is 1. The maximum Gasteiger partial charge on any atom is 0.234 e. The van der Waals surface area contributed by atoms with Crippen molar-refractivity contribution in [2.24, 2.45) is 5.73 Å². The summed E-state index contributed by atoms with van der Waals surface area (Å²) in [6, 6.07) is 6.29. The number of aryl methyl sites for hydroxylation is 1. The molecule has 3 rings (SSSR count). The fourth-order valence-corrected chi connectivity index (χ4v) is 3.13. The lowest BCUT2D eigenvalue weighted by atomic mass is 9.92. The zero-order valence-corrected chi connectivity index (χ0v) is 13.1. The molecule has 2 aromatic rings. The van der Waals surface area contributed by atoms with E-state index in [0.717, 1.165) is 30.5 Å². The number of carbonyl (C=O) groups excluding carboxylic acids is 1. The van der Waals surface area contributed by atoms with Gasteiger partial charge in [-0.15, -0.1) is 0 Å². The third-order valence-electron chi connectivity index (χ3n) is 4.51. The van der Waals surface area contributed by atoms with E-state index in [-0.39, 0.29) is 18.5 Å². The highest BCUT2D eigenvalue weighted by atomic mass is 16.1. The first-order valence-corrected chi connectivity index (χ1v) is 7.74. The Morgan fingerprint density at radius 1 is 1.45 bits per heavy atom. The Kier molecular flexibility index (Phi) is 3.98. The van der Waals surface area contributed by atoms with Gasteiger partial charge in [0.05, 0.1) is 24.5 Å². The summed E-state index contributed by atoms with van der Waals surface area (Å²) in [5.74, 6) is -0.114. The van der Waals surface area contributed by atoms with Gasteiger partial charge in [-0.05, 0) is 50.3 Å². The SMILES string of the molecule is Cc1cccc(-n2ncc3c2CCC[C@H]3NC(=O)CN)c1C. The maximum absolute atomic E-state index is 11.6. The molecule has 0 fully saturated rings. The van der Waals surface area contributed by atoms with Crippen molar-refractivity contribution in [3.8, 4) is 5.69 Å². The van der Waals surface area contributed by atoms with Crippen LogP contribution in [-0.2, 0) is 11.2 Å². The van der Waals surface area contributed by atoms with Crippen LogP contribution < -0.4 is 11.1 Å². The monoisotopic (exact) mass is 298 g/mol. The van der Waals surface area contributed by atoms with E-state index in [0.29, 0.717) is 0 Å². The molecule has 0 spiro atoms. The molecule has 116 valence electrons. The van der Waals surface area contributed by atoms with Gasteiger partial charge in [-0.2, -0.15) is 5.10 Å². The number of hydrogen-bond acceptors (Lipinski definition) is 3. The van der Waals surface area contributed by atoms with Crippen LogP contribution in [0.4, 0.5) is 0 Å². The number of amides is 1. The molecule has 3 N–H and O–H groups in total. The first-order valence-electron chi connectivity index (χ1n) is 7.74. The van der Waals surface area contributed by atoms with Crippen LogP contribution >= 0.6 is 0 Å². The zero-order chi connectivity index (χ0) is 15.7. The zero-order valence-electron chi connectivity index (χ0n) is 13.1. The predicted octanol–water partition coefficient (Wildman–Crippen LogP) is 1.94. The fourth-order valence-electron chi connectivity index (χ4n) is 3.13. The summed E-state index contributed by atoms with van der Waals surface area (Å²) in [5, 5.41) is 7.59. The molecule has 0 unspecified atom stereocenters. The molecule has 1 amide bonds. The normalized spacial score (nSPS) is 17.1. The summed E-state index contributed by atoms with van der Waals surface area (Å²) in [4.78, 5) is 11.6. The van der Waals surface area contributed by atoms with Crippen molar-refractivity contribution in [2.45, 2.75) is 39.2 Å². The average molecular weight is 298 g/mol. The molecular formula is C17H22N4O. The Hall–Kier alpha value is -2.14. The molecule has 0 radical (unpaired) electrons. The first-order chi connectivity index (χ1) is 10.6. The van der Waals surface area contributed by atoms with Gasteiger partial charge >= 0.3 is 0 Å². The summed E-state index contributed by atoms with van der Waals surface area (Å²) in [7, 11) is 0. The van der Waals surface area contributed by atoms with E-state index in [4.69, 9.17) is 5.73 Å². The van der Waals surface area contributed by atoms with Gasteiger partial charge < -0.3 is 11.1 Å². The van der Waals surface area contributed by atoms with Crippen LogP contribution in [0.15, 0.2) is 24.4 Å². The number of fused-ring (bicyclic) bond motifs is 1. The first kappa shape index (κ1) is 14.8. The summed E-state index contributed by atoms with van der Waals surface area (Å²) in [5.41, 5.74) is 11.3. The second-order valence-corrected chi connectivity index (χ2v) is 5.89. The van der Waals surface area contributed by atoms with E-state index >= 15 is 0 Å². The predicted molar refractivity (Wildman–Crippen MR) is 85.9 cm³/mol. The Morgan fingerprint density at radius 3 is 3.05 bits per heavy atom. The van der Waals surface area contributed by atoms with Gasteiger partial charge in [0, 0.05) is 11.3 Å². The maximum atomic E-state index is 11.6. The van der Waals surface area contributed by atoms with E-state index in [1.54, 1.807) is 0 Å². The second-order valence-electron chi connectivity index (χ2n) is 5.89. The lowest BCUT2D eigenvalue weighted by Crippen LogP contribution is -2.35. The van der Waals surface area contributed by atoms with Crippen molar-refractivity contribution in [1.29, 1.82) is 0 Å². The molecule has 5 heteroatoms. The summed E-state index contributed by atoms with van der Waals surface area (Å²) >= 11 is 0. The molecule has 0 saturated carbocycles. The Balaban J connectivity index is 2.00. The van der Waals surface area contributed by atoms with Gasteiger partial charge in [-0.25, -0.2) is 4.68 Å². The Morgan fingerprint density at radius 2 is 2.27 bits per heavy atom. The van der Waals surface area contributed by atoms with E-state index < -0.39 is 0 Å². The number of rotatable bonds is 3. The van der Waals surface area contributed by atoms with E-state index in [2.05, 4.69) is 42.5 Å². The summed E-state index contributed by atoms with van der Waals surface area (Å²) < 4.78 is 2.03. The van der Waals surface area contributed by atoms with Crippen LogP contribution in [0, 0.1) is 13.8 Å². The summed E-state index contributed by atoms with van der Waals surface area (Å²) in [6.07, 6.45) is 4.85. The van der Waals surface area contributed by atoms with Gasteiger partial charge in [0.1, 0.15) is 0 Å². The van der Waals surface area contributed by atoms with Crippen molar-refractivity contribution in [3.05, 3.63) is 46.8 Å². The molecule has 1 aliphatic rings. The van der Waals surface area contributed by atoms with Crippen molar-refractivity contribution in [1.82, 2.24) is 15.1 Å². The van der Waals surface area contributed by atoms with Gasteiger partial charge in [-0.3, -0.25) is 4.79 Å². The minimum Gasteiger partial charge on any atom is -0.348 e. The molecule has 1 aromatic carbocycles. The van der Waals surface area contributed by atoms with Crippen LogP contribution in [0.25, 0.3) is 5.69 Å². The van der Waals surface area contributed by atoms with Gasteiger partial charge in [-0.1, -0.05) is 12.1 Å². The molecule has 1 atom stereocenters. The van der Waals surface area contributed by atoms with Crippen LogP contribution in [0.1, 0.15) is 41.3 Å². The van der Waals surface area contributed by atoms with Crippen molar-refractivity contribution in [2.75, 3.05) is 6.54 Å². The standard InChI is InChI=1S/C17H22N4O/c1-11-5-3-7-15(12(11)2)21-16-8-4-6-14(13(16)10-19-21)20-17(22)9-18/h3,5,7,10,14H,4,6,8-9,18H2,1-2H3,(H,20,22)/t14-/m1/s1. The quantitative estimate of drug-likeness (QED) is 0.909. The van der Waals surface area contributed by atoms with E-state index in [1.165, 1.54) is 16.8 Å². The topological polar surface area (TPSA) is 72.9 Å². The molecule has 1 heterocycles. The van der Waals surface area contributed by atoms with Crippen molar-refractivity contribution < 1.29 is 4.79 Å². The third-order valence-corrected chi connectivity index (χ3v) is 4.51. The molecule has 1 aliphatic carbocycles. The lowest BCUT2D eigenvalue weighted by Gasteiger charge is -2.24. The average Bonchev–Trinajstić information content (AvgIpc) is 2.95. The van der Waals surface area contributed by atoms with Crippen LogP contribution in [0.5, 0.6) is 0 Å². The molecule has 0 saturated heterocycles. The van der Waals surface area contributed by atoms with Crippen molar-refractivity contribution in [3.63, 3.8) is 0 Å². The minimum absolute atomic E-state index is 0.0248. The molecule has 0 aliphatic heterocycles. The number of hydrogen-bond donors (Lipinski definition) is 2.